The van der Waals surface area contributed by atoms with E-state index in [0.29, 0.717) is 17.6 Å². The van der Waals surface area contributed by atoms with Crippen LogP contribution in [0.1, 0.15) is 36.0 Å². The molecule has 4 nitrogen and oxygen atoms in total. The molecule has 1 aliphatic carbocycles. The quantitative estimate of drug-likeness (QED) is 0.860. The molecule has 3 atom stereocenters. The second-order valence-electron chi connectivity index (χ2n) is 6.72. The number of fused-ring (bicyclic) bond motifs is 2. The highest BCUT2D eigenvalue weighted by atomic mass is 16.5. The van der Waals surface area contributed by atoms with Gasteiger partial charge in [-0.25, -0.2) is 0 Å². The van der Waals surface area contributed by atoms with Crippen molar-refractivity contribution >= 4 is 22.5 Å². The summed E-state index contributed by atoms with van der Waals surface area (Å²) in [7, 11) is 0. The van der Waals surface area contributed by atoms with E-state index in [1.54, 1.807) is 0 Å². The van der Waals surface area contributed by atoms with Crippen LogP contribution in [0.15, 0.2) is 42.5 Å². The van der Waals surface area contributed by atoms with E-state index >= 15 is 0 Å². The summed E-state index contributed by atoms with van der Waals surface area (Å²) >= 11 is 0. The van der Waals surface area contributed by atoms with Gasteiger partial charge in [-0.05, 0) is 23.6 Å². The van der Waals surface area contributed by atoms with Gasteiger partial charge in [-0.3, -0.25) is 9.59 Å². The molecule has 0 bridgehead atoms. The van der Waals surface area contributed by atoms with Gasteiger partial charge in [0, 0.05) is 37.0 Å². The Hall–Kier alpha value is -2.20. The van der Waals surface area contributed by atoms with Crippen LogP contribution in [-0.4, -0.2) is 30.4 Å². The summed E-state index contributed by atoms with van der Waals surface area (Å²) in [5.41, 5.74) is 0.703. The van der Waals surface area contributed by atoms with Gasteiger partial charge in [0.15, 0.2) is 5.78 Å². The molecular formula is C20H21NO3. The average molecular weight is 323 g/mol. The van der Waals surface area contributed by atoms with Crippen LogP contribution in [0.25, 0.3) is 10.8 Å². The molecule has 1 aliphatic heterocycles. The van der Waals surface area contributed by atoms with E-state index in [1.807, 2.05) is 42.5 Å². The molecule has 0 aromatic heterocycles. The van der Waals surface area contributed by atoms with E-state index in [9.17, 15) is 9.59 Å². The summed E-state index contributed by atoms with van der Waals surface area (Å²) < 4.78 is 5.56. The van der Waals surface area contributed by atoms with E-state index in [4.69, 9.17) is 4.74 Å². The number of hydrogen-bond acceptors (Lipinski definition) is 3. The molecule has 124 valence electrons. The molecule has 0 unspecified atom stereocenters. The fourth-order valence-electron chi connectivity index (χ4n) is 3.87. The second kappa shape index (κ2) is 6.36. The predicted molar refractivity (Wildman–Crippen MR) is 91.9 cm³/mol. The lowest BCUT2D eigenvalue weighted by Crippen LogP contribution is -2.53. The number of hydrogen-bond donors (Lipinski definition) is 1. The van der Waals surface area contributed by atoms with Gasteiger partial charge in [0.1, 0.15) is 0 Å². The lowest BCUT2D eigenvalue weighted by Gasteiger charge is -2.39. The highest BCUT2D eigenvalue weighted by molar-refractivity contribution is 6.08. The van der Waals surface area contributed by atoms with Crippen molar-refractivity contribution in [2.24, 2.45) is 5.92 Å². The van der Waals surface area contributed by atoms with E-state index in [0.717, 1.165) is 30.2 Å². The Bertz CT molecular complexity index is 780. The number of carbonyl (C=O) groups is 2. The molecule has 2 aliphatic rings. The largest absolute Gasteiger partial charge is 0.378 e. The van der Waals surface area contributed by atoms with Crippen LogP contribution in [0.3, 0.4) is 0 Å². The summed E-state index contributed by atoms with van der Waals surface area (Å²) in [6.07, 6.45) is 2.78. The first kappa shape index (κ1) is 15.3. The van der Waals surface area contributed by atoms with E-state index in [2.05, 4.69) is 5.32 Å². The summed E-state index contributed by atoms with van der Waals surface area (Å²) in [6.45, 7) is 0.807. The molecule has 1 saturated heterocycles. The van der Waals surface area contributed by atoms with Gasteiger partial charge >= 0.3 is 0 Å². The number of carbonyl (C=O) groups excluding carboxylic acids is 2. The zero-order chi connectivity index (χ0) is 16.5. The minimum atomic E-state index is -0.0288. The van der Waals surface area contributed by atoms with Crippen LogP contribution < -0.4 is 5.32 Å². The summed E-state index contributed by atoms with van der Waals surface area (Å²) in [5, 5.41) is 5.07. The fourth-order valence-corrected chi connectivity index (χ4v) is 3.87. The van der Waals surface area contributed by atoms with Crippen molar-refractivity contribution in [3.8, 4) is 0 Å². The number of Topliss-reactive ketones (excluding diaryl/α,β-unsaturated/α-hetero) is 1. The highest BCUT2D eigenvalue weighted by Crippen LogP contribution is 2.38. The summed E-state index contributed by atoms with van der Waals surface area (Å²) in [4.78, 5) is 24.6. The number of rotatable bonds is 5. The van der Waals surface area contributed by atoms with Crippen molar-refractivity contribution in [3.63, 3.8) is 0 Å². The Morgan fingerprint density at radius 2 is 1.92 bits per heavy atom. The number of nitrogens with one attached hydrogen (secondary N) is 1. The van der Waals surface area contributed by atoms with Crippen molar-refractivity contribution < 1.29 is 14.3 Å². The maximum Gasteiger partial charge on any atom is 0.220 e. The van der Waals surface area contributed by atoms with Gasteiger partial charge in [-0.1, -0.05) is 42.5 Å². The van der Waals surface area contributed by atoms with Gasteiger partial charge in [-0.15, -0.1) is 0 Å². The molecule has 2 aromatic carbocycles. The first-order valence-electron chi connectivity index (χ1n) is 8.64. The molecule has 1 saturated carbocycles. The summed E-state index contributed by atoms with van der Waals surface area (Å²) in [5.74, 6) is 0.472. The van der Waals surface area contributed by atoms with Crippen LogP contribution in [-0.2, 0) is 9.53 Å². The molecule has 1 heterocycles. The van der Waals surface area contributed by atoms with Gasteiger partial charge < -0.3 is 10.1 Å². The Balaban J connectivity index is 1.35. The fraction of sp³-hybridized carbons (Fsp3) is 0.400. The minimum Gasteiger partial charge on any atom is -0.378 e. The Morgan fingerprint density at radius 1 is 1.08 bits per heavy atom. The second-order valence-corrected chi connectivity index (χ2v) is 6.72. The maximum atomic E-state index is 12.5. The zero-order valence-corrected chi connectivity index (χ0v) is 13.5. The molecule has 4 heteroatoms. The van der Waals surface area contributed by atoms with Crippen molar-refractivity contribution in [1.29, 1.82) is 0 Å². The zero-order valence-electron chi connectivity index (χ0n) is 13.5. The number of benzene rings is 2. The molecular weight excluding hydrogens is 302 g/mol. The van der Waals surface area contributed by atoms with Crippen molar-refractivity contribution in [2.45, 2.75) is 37.8 Å². The van der Waals surface area contributed by atoms with Crippen LogP contribution in [0, 0.1) is 5.92 Å². The molecule has 0 radical (unpaired) electrons. The third-order valence-corrected chi connectivity index (χ3v) is 5.28. The van der Waals surface area contributed by atoms with Crippen LogP contribution in [0.5, 0.6) is 0 Å². The van der Waals surface area contributed by atoms with Gasteiger partial charge in [0.05, 0.1) is 6.10 Å². The highest BCUT2D eigenvalue weighted by Gasteiger charge is 2.45. The topological polar surface area (TPSA) is 55.4 Å². The van der Waals surface area contributed by atoms with Crippen molar-refractivity contribution in [3.05, 3.63) is 48.0 Å². The first-order valence-corrected chi connectivity index (χ1v) is 8.64. The van der Waals surface area contributed by atoms with E-state index in [-0.39, 0.29) is 30.6 Å². The molecule has 24 heavy (non-hydrogen) atoms. The lowest BCUT2D eigenvalue weighted by atomic mass is 9.76. The molecule has 2 fully saturated rings. The first-order chi connectivity index (χ1) is 11.7. The van der Waals surface area contributed by atoms with E-state index in [1.165, 1.54) is 0 Å². The number of amides is 1. The van der Waals surface area contributed by atoms with Crippen molar-refractivity contribution in [2.75, 3.05) is 6.61 Å². The van der Waals surface area contributed by atoms with Gasteiger partial charge in [-0.2, -0.15) is 0 Å². The summed E-state index contributed by atoms with van der Waals surface area (Å²) in [6, 6.07) is 13.8. The van der Waals surface area contributed by atoms with Crippen LogP contribution in [0.4, 0.5) is 0 Å². The normalized spacial score (nSPS) is 25.1. The number of ketones is 1. The Morgan fingerprint density at radius 3 is 2.79 bits per heavy atom. The van der Waals surface area contributed by atoms with Crippen LogP contribution >= 0.6 is 0 Å². The minimum absolute atomic E-state index is 0.0256. The smallest absolute Gasteiger partial charge is 0.220 e. The molecule has 2 aromatic rings. The van der Waals surface area contributed by atoms with Crippen molar-refractivity contribution in [1.82, 2.24) is 5.32 Å². The third kappa shape index (κ3) is 2.82. The Labute approximate surface area is 141 Å². The monoisotopic (exact) mass is 323 g/mol. The van der Waals surface area contributed by atoms with Gasteiger partial charge in [0.2, 0.25) is 5.91 Å². The number of ether oxygens (including phenoxy) is 1. The molecule has 1 amide bonds. The molecule has 1 N–H and O–H groups in total. The van der Waals surface area contributed by atoms with Crippen LogP contribution in [0.2, 0.25) is 0 Å². The predicted octanol–water partition coefficient (Wildman–Crippen LogP) is 3.10. The third-order valence-electron chi connectivity index (χ3n) is 5.28. The van der Waals surface area contributed by atoms with Gasteiger partial charge in [0.25, 0.3) is 0 Å². The standard InChI is InChI=1S/C20H21NO3/c22-18(15-7-3-5-13-4-1-2-6-14(13)15)8-9-20(23)21-17-12-19-16(17)10-11-24-19/h1-7,16-17,19H,8-12H2,(H,21,23)/t16-,17+,19+/m1/s1. The Kier molecular flexibility index (Phi) is 4.07. The lowest BCUT2D eigenvalue weighted by molar-refractivity contribution is -0.124. The average Bonchev–Trinajstić information content (AvgIpc) is 2.98. The maximum absolute atomic E-state index is 12.5. The molecule has 4 rings (SSSR count). The SMILES string of the molecule is O=C(CCC(=O)c1cccc2ccccc12)N[C@H]1C[C@@H]2OCC[C@H]12. The molecule has 0 spiro atoms. The van der Waals surface area contributed by atoms with E-state index < -0.39 is 0 Å².